The maximum atomic E-state index is 12.3. The molecule has 1 aromatic carbocycles. The zero-order chi connectivity index (χ0) is 18.4. The molecule has 0 aromatic heterocycles. The van der Waals surface area contributed by atoms with Crippen molar-refractivity contribution in [2.75, 3.05) is 32.7 Å². The highest BCUT2D eigenvalue weighted by molar-refractivity contribution is 6.42. The van der Waals surface area contributed by atoms with E-state index in [0.29, 0.717) is 48.3 Å². The van der Waals surface area contributed by atoms with Crippen LogP contribution < -0.4 is 5.32 Å². The van der Waals surface area contributed by atoms with Crippen LogP contribution in [0.1, 0.15) is 19.4 Å². The van der Waals surface area contributed by atoms with Crippen LogP contribution in [0.4, 0.5) is 0 Å². The van der Waals surface area contributed by atoms with E-state index in [2.05, 4.69) is 10.2 Å². The third-order valence-corrected chi connectivity index (χ3v) is 4.72. The number of rotatable bonds is 5. The lowest BCUT2D eigenvalue weighted by Crippen LogP contribution is -2.51. The number of nitrogens with zero attached hydrogens (tertiary/aromatic N) is 2. The molecule has 1 fully saturated rings. The van der Waals surface area contributed by atoms with E-state index in [9.17, 15) is 9.59 Å². The molecule has 1 aromatic rings. The van der Waals surface area contributed by atoms with Crippen molar-refractivity contribution in [1.29, 1.82) is 0 Å². The summed E-state index contributed by atoms with van der Waals surface area (Å²) in [6, 6.07) is 5.44. The van der Waals surface area contributed by atoms with E-state index in [1.807, 2.05) is 19.9 Å². The van der Waals surface area contributed by atoms with Crippen LogP contribution in [-0.4, -0.2) is 60.4 Å². The molecule has 1 N–H and O–H groups in total. The molecular weight excluding hydrogens is 361 g/mol. The summed E-state index contributed by atoms with van der Waals surface area (Å²) in [5, 5.41) is 3.78. The quantitative estimate of drug-likeness (QED) is 0.795. The fourth-order valence-corrected chi connectivity index (χ4v) is 2.98. The number of nitrogens with one attached hydrogen (secondary N) is 1. The van der Waals surface area contributed by atoms with Gasteiger partial charge in [0.05, 0.1) is 16.6 Å². The minimum Gasteiger partial charge on any atom is -0.353 e. The minimum absolute atomic E-state index is 0.0188. The monoisotopic (exact) mass is 383 g/mol. The summed E-state index contributed by atoms with van der Waals surface area (Å²) in [5.41, 5.74) is 0.714. The fourth-order valence-electron chi connectivity index (χ4n) is 2.61. The van der Waals surface area contributed by atoms with E-state index in [4.69, 9.17) is 23.2 Å². The predicted molar refractivity (Wildman–Crippen MR) is 102 cm³/mol. The number of amides is 2. The van der Waals surface area contributed by atoms with Gasteiger partial charge in [-0.2, -0.15) is 0 Å². The molecule has 25 heavy (non-hydrogen) atoms. The summed E-state index contributed by atoms with van der Waals surface area (Å²) in [6.45, 7) is 6.81. The molecule has 1 aliphatic heterocycles. The Morgan fingerprint density at radius 1 is 1.20 bits per heavy atom. The van der Waals surface area contributed by atoms with Crippen LogP contribution in [0, 0.1) is 0 Å². The molecule has 0 bridgehead atoms. The highest BCUT2D eigenvalue weighted by Crippen LogP contribution is 2.26. The average Bonchev–Trinajstić information content (AvgIpc) is 2.56. The van der Waals surface area contributed by atoms with Gasteiger partial charge in [-0.15, -0.1) is 0 Å². The summed E-state index contributed by atoms with van der Waals surface area (Å²) < 4.78 is 0. The van der Waals surface area contributed by atoms with Crippen molar-refractivity contribution in [3.05, 3.63) is 39.9 Å². The Morgan fingerprint density at radius 2 is 1.88 bits per heavy atom. The van der Waals surface area contributed by atoms with Crippen molar-refractivity contribution >= 4 is 41.1 Å². The van der Waals surface area contributed by atoms with Gasteiger partial charge in [-0.3, -0.25) is 14.5 Å². The normalized spacial score (nSPS) is 15.8. The Morgan fingerprint density at radius 3 is 2.52 bits per heavy atom. The summed E-state index contributed by atoms with van der Waals surface area (Å²) >= 11 is 12.1. The van der Waals surface area contributed by atoms with E-state index in [1.165, 1.54) is 6.08 Å². The van der Waals surface area contributed by atoms with Gasteiger partial charge in [0.15, 0.2) is 0 Å². The summed E-state index contributed by atoms with van der Waals surface area (Å²) in [4.78, 5) is 27.9. The number of carbonyl (C=O) groups excluding carboxylic acids is 2. The van der Waals surface area contributed by atoms with Gasteiger partial charge in [0.2, 0.25) is 11.8 Å². The maximum Gasteiger partial charge on any atom is 0.246 e. The number of benzene rings is 1. The Balaban J connectivity index is 1.84. The Kier molecular flexibility index (Phi) is 7.29. The Labute approximate surface area is 158 Å². The SMILES string of the molecule is CC(C)NC(=O)CN1CCN(C(=O)/C=C/c2cccc(Cl)c2Cl)CC1. The van der Waals surface area contributed by atoms with Gasteiger partial charge in [-0.1, -0.05) is 35.3 Å². The van der Waals surface area contributed by atoms with Crippen LogP contribution in [0.3, 0.4) is 0 Å². The lowest BCUT2D eigenvalue weighted by Gasteiger charge is -2.33. The molecule has 1 aliphatic rings. The van der Waals surface area contributed by atoms with Crippen molar-refractivity contribution in [3.8, 4) is 0 Å². The second-order valence-corrected chi connectivity index (χ2v) is 7.09. The lowest BCUT2D eigenvalue weighted by molar-refractivity contribution is -0.128. The third-order valence-electron chi connectivity index (χ3n) is 3.89. The van der Waals surface area contributed by atoms with E-state index in [0.717, 1.165) is 0 Å². The zero-order valence-electron chi connectivity index (χ0n) is 14.5. The maximum absolute atomic E-state index is 12.3. The Hall–Kier alpha value is -1.56. The van der Waals surface area contributed by atoms with Gasteiger partial charge in [-0.25, -0.2) is 0 Å². The molecule has 2 amide bonds. The van der Waals surface area contributed by atoms with Gasteiger partial charge in [0, 0.05) is 38.3 Å². The molecule has 0 radical (unpaired) electrons. The first kappa shape index (κ1) is 19.8. The number of carbonyl (C=O) groups is 2. The van der Waals surface area contributed by atoms with Gasteiger partial charge in [-0.05, 0) is 31.6 Å². The lowest BCUT2D eigenvalue weighted by atomic mass is 10.2. The van der Waals surface area contributed by atoms with E-state index in [-0.39, 0.29) is 17.9 Å². The average molecular weight is 384 g/mol. The molecule has 2 rings (SSSR count). The van der Waals surface area contributed by atoms with Crippen LogP contribution in [0.25, 0.3) is 6.08 Å². The molecule has 7 heteroatoms. The summed E-state index contributed by atoms with van der Waals surface area (Å²) in [6.07, 6.45) is 3.19. The first-order valence-electron chi connectivity index (χ1n) is 8.29. The smallest absolute Gasteiger partial charge is 0.246 e. The molecule has 0 saturated carbocycles. The van der Waals surface area contributed by atoms with Gasteiger partial charge in [0.1, 0.15) is 0 Å². The zero-order valence-corrected chi connectivity index (χ0v) is 16.0. The second kappa shape index (κ2) is 9.22. The van der Waals surface area contributed by atoms with Crippen molar-refractivity contribution in [1.82, 2.24) is 15.1 Å². The Bertz CT molecular complexity index is 654. The number of hydrogen-bond acceptors (Lipinski definition) is 3. The largest absolute Gasteiger partial charge is 0.353 e. The van der Waals surface area contributed by atoms with Crippen molar-refractivity contribution in [2.45, 2.75) is 19.9 Å². The number of hydrogen-bond donors (Lipinski definition) is 1. The van der Waals surface area contributed by atoms with Crippen molar-refractivity contribution in [2.24, 2.45) is 0 Å². The molecular formula is C18H23Cl2N3O2. The molecule has 1 saturated heterocycles. The van der Waals surface area contributed by atoms with Crippen molar-refractivity contribution in [3.63, 3.8) is 0 Å². The van der Waals surface area contributed by atoms with Crippen LogP contribution >= 0.6 is 23.2 Å². The van der Waals surface area contributed by atoms with Crippen LogP contribution in [0.5, 0.6) is 0 Å². The molecule has 0 atom stereocenters. The van der Waals surface area contributed by atoms with Crippen molar-refractivity contribution < 1.29 is 9.59 Å². The predicted octanol–water partition coefficient (Wildman–Crippen LogP) is 2.68. The third kappa shape index (κ3) is 6.03. The van der Waals surface area contributed by atoms with E-state index in [1.54, 1.807) is 23.1 Å². The van der Waals surface area contributed by atoms with Gasteiger partial charge in [0.25, 0.3) is 0 Å². The minimum atomic E-state index is -0.0673. The van der Waals surface area contributed by atoms with Gasteiger partial charge < -0.3 is 10.2 Å². The summed E-state index contributed by atoms with van der Waals surface area (Å²) in [7, 11) is 0. The number of piperazine rings is 1. The molecule has 5 nitrogen and oxygen atoms in total. The first-order chi connectivity index (χ1) is 11.9. The second-order valence-electron chi connectivity index (χ2n) is 6.30. The standard InChI is InChI=1S/C18H23Cl2N3O2/c1-13(2)21-16(24)12-22-8-10-23(11-9-22)17(25)7-6-14-4-3-5-15(19)18(14)20/h3-7,13H,8-12H2,1-2H3,(H,21,24)/b7-6+. The molecule has 0 unspecified atom stereocenters. The van der Waals surface area contributed by atoms with E-state index >= 15 is 0 Å². The highest BCUT2D eigenvalue weighted by atomic mass is 35.5. The number of halogens is 2. The molecule has 136 valence electrons. The van der Waals surface area contributed by atoms with Crippen LogP contribution in [0.2, 0.25) is 10.0 Å². The van der Waals surface area contributed by atoms with E-state index < -0.39 is 0 Å². The molecule has 0 aliphatic carbocycles. The first-order valence-corrected chi connectivity index (χ1v) is 9.05. The fraction of sp³-hybridized carbons (Fsp3) is 0.444. The van der Waals surface area contributed by atoms with Gasteiger partial charge >= 0.3 is 0 Å². The van der Waals surface area contributed by atoms with Crippen LogP contribution in [0.15, 0.2) is 24.3 Å². The summed E-state index contributed by atoms with van der Waals surface area (Å²) in [5.74, 6) is -0.0485. The molecule has 1 heterocycles. The van der Waals surface area contributed by atoms with Crippen LogP contribution in [-0.2, 0) is 9.59 Å². The molecule has 0 spiro atoms. The topological polar surface area (TPSA) is 52.7 Å². The highest BCUT2D eigenvalue weighted by Gasteiger charge is 2.21.